The van der Waals surface area contributed by atoms with Crippen molar-refractivity contribution in [2.45, 2.75) is 24.4 Å². The summed E-state index contributed by atoms with van der Waals surface area (Å²) in [4.78, 5) is 0. The van der Waals surface area contributed by atoms with Crippen molar-refractivity contribution in [2.24, 2.45) is 0 Å². The summed E-state index contributed by atoms with van der Waals surface area (Å²) in [5.41, 5.74) is 0.630. The molecule has 2 aromatic rings. The van der Waals surface area contributed by atoms with Crippen LogP contribution in [0.1, 0.15) is 29.2 Å². The van der Waals surface area contributed by atoms with Crippen molar-refractivity contribution in [3.8, 4) is 6.07 Å². The Balaban J connectivity index is 2.17. The van der Waals surface area contributed by atoms with Gasteiger partial charge in [-0.15, -0.1) is 0 Å². The number of halogens is 2. The molecular weight excluding hydrogens is 289 g/mol. The third-order valence-corrected chi connectivity index (χ3v) is 4.56. The van der Waals surface area contributed by atoms with Crippen LogP contribution in [0.15, 0.2) is 42.5 Å². The van der Waals surface area contributed by atoms with E-state index in [1.54, 1.807) is 0 Å². The average molecular weight is 302 g/mol. The van der Waals surface area contributed by atoms with E-state index in [4.69, 9.17) is 11.6 Å². The lowest BCUT2D eigenvalue weighted by molar-refractivity contribution is 0.107. The lowest BCUT2D eigenvalue weighted by atomic mass is 9.75. The van der Waals surface area contributed by atoms with Crippen LogP contribution >= 0.6 is 11.6 Å². The van der Waals surface area contributed by atoms with Crippen LogP contribution in [0.3, 0.4) is 0 Å². The minimum Gasteiger partial charge on any atom is -0.386 e. The number of benzene rings is 2. The van der Waals surface area contributed by atoms with Crippen molar-refractivity contribution in [1.82, 2.24) is 0 Å². The van der Waals surface area contributed by atoms with Gasteiger partial charge >= 0.3 is 0 Å². The molecule has 0 spiro atoms. The molecule has 0 aliphatic heterocycles. The van der Waals surface area contributed by atoms with E-state index < -0.39 is 17.3 Å². The van der Waals surface area contributed by atoms with Crippen LogP contribution in [0.4, 0.5) is 4.39 Å². The van der Waals surface area contributed by atoms with Crippen LogP contribution in [-0.2, 0) is 11.8 Å². The average Bonchev–Trinajstić information content (AvgIpc) is 2.87. The lowest BCUT2D eigenvalue weighted by Gasteiger charge is -2.29. The molecule has 1 aliphatic carbocycles. The maximum absolute atomic E-state index is 14.1. The van der Waals surface area contributed by atoms with Gasteiger partial charge in [-0.1, -0.05) is 41.9 Å². The number of fused-ring (bicyclic) bond motifs is 1. The second kappa shape index (κ2) is 5.14. The molecule has 2 unspecified atom stereocenters. The van der Waals surface area contributed by atoms with E-state index in [1.807, 2.05) is 24.3 Å². The second-order valence-corrected chi connectivity index (χ2v) is 5.69. The summed E-state index contributed by atoms with van der Waals surface area (Å²) < 4.78 is 14.1. The highest BCUT2D eigenvalue weighted by atomic mass is 35.5. The summed E-state index contributed by atoms with van der Waals surface area (Å²) >= 11 is 6.04. The summed E-state index contributed by atoms with van der Waals surface area (Å²) in [7, 11) is 0. The zero-order chi connectivity index (χ0) is 15.0. The molecule has 2 aromatic carbocycles. The number of aryl methyl sites for hydroxylation is 1. The standard InChI is InChI=1S/C17H13ClFNO/c18-13-6-3-7-14(19)15(13)16(21)17(10-20)9-8-11-4-1-2-5-12(11)17/h1-7,16,21H,8-9H2. The summed E-state index contributed by atoms with van der Waals surface area (Å²) in [6.45, 7) is 0. The molecule has 0 heterocycles. The number of hydrogen-bond acceptors (Lipinski definition) is 2. The van der Waals surface area contributed by atoms with E-state index in [9.17, 15) is 14.8 Å². The highest BCUT2D eigenvalue weighted by molar-refractivity contribution is 6.31. The highest BCUT2D eigenvalue weighted by Crippen LogP contribution is 2.48. The third kappa shape index (κ3) is 2.03. The number of rotatable bonds is 2. The minimum absolute atomic E-state index is 0.00239. The molecule has 0 bridgehead atoms. The number of aliphatic hydroxyl groups excluding tert-OH is 1. The van der Waals surface area contributed by atoms with E-state index in [2.05, 4.69) is 6.07 Å². The van der Waals surface area contributed by atoms with Gasteiger partial charge in [-0.05, 0) is 36.1 Å². The zero-order valence-electron chi connectivity index (χ0n) is 11.2. The Bertz CT molecular complexity index is 720. The molecule has 2 atom stereocenters. The normalized spacial score (nSPS) is 21.6. The van der Waals surface area contributed by atoms with E-state index in [1.165, 1.54) is 18.2 Å². The number of nitriles is 1. The number of nitrogens with zero attached hydrogens (tertiary/aromatic N) is 1. The molecule has 0 aromatic heterocycles. The van der Waals surface area contributed by atoms with Crippen molar-refractivity contribution in [3.05, 3.63) is 70.0 Å². The van der Waals surface area contributed by atoms with Gasteiger partial charge in [0.15, 0.2) is 0 Å². The molecule has 1 N–H and O–H groups in total. The van der Waals surface area contributed by atoms with Crippen LogP contribution in [0, 0.1) is 17.1 Å². The largest absolute Gasteiger partial charge is 0.386 e. The smallest absolute Gasteiger partial charge is 0.130 e. The molecule has 0 saturated heterocycles. The zero-order valence-corrected chi connectivity index (χ0v) is 11.9. The van der Waals surface area contributed by atoms with Crippen molar-refractivity contribution in [2.75, 3.05) is 0 Å². The third-order valence-electron chi connectivity index (χ3n) is 4.23. The Morgan fingerprint density at radius 1 is 1.24 bits per heavy atom. The van der Waals surface area contributed by atoms with E-state index in [0.29, 0.717) is 12.8 Å². The van der Waals surface area contributed by atoms with Gasteiger partial charge in [0.1, 0.15) is 17.3 Å². The summed E-state index contributed by atoms with van der Waals surface area (Å²) in [6.07, 6.45) is -0.151. The molecule has 21 heavy (non-hydrogen) atoms. The predicted molar refractivity (Wildman–Crippen MR) is 78.4 cm³/mol. The predicted octanol–water partition coefficient (Wildman–Crippen LogP) is 3.92. The highest BCUT2D eigenvalue weighted by Gasteiger charge is 2.47. The molecule has 2 nitrogen and oxygen atoms in total. The summed E-state index contributed by atoms with van der Waals surface area (Å²) in [5.74, 6) is -0.589. The molecule has 0 fully saturated rings. The van der Waals surface area contributed by atoms with Gasteiger partial charge in [-0.2, -0.15) is 5.26 Å². The lowest BCUT2D eigenvalue weighted by Crippen LogP contribution is -2.30. The first kappa shape index (κ1) is 14.1. The summed E-state index contributed by atoms with van der Waals surface area (Å²) in [5, 5.41) is 20.6. The van der Waals surface area contributed by atoms with Gasteiger partial charge in [0.25, 0.3) is 0 Å². The van der Waals surface area contributed by atoms with E-state index in [-0.39, 0.29) is 10.6 Å². The molecule has 4 heteroatoms. The van der Waals surface area contributed by atoms with Gasteiger partial charge in [0.2, 0.25) is 0 Å². The fourth-order valence-electron chi connectivity index (χ4n) is 3.12. The Hall–Kier alpha value is -1.89. The molecule has 0 radical (unpaired) electrons. The Morgan fingerprint density at radius 2 is 2.00 bits per heavy atom. The Labute approximate surface area is 127 Å². The molecule has 1 aliphatic rings. The van der Waals surface area contributed by atoms with Gasteiger partial charge in [0, 0.05) is 10.6 Å². The molecule has 0 saturated carbocycles. The van der Waals surface area contributed by atoms with Crippen molar-refractivity contribution < 1.29 is 9.50 Å². The van der Waals surface area contributed by atoms with Gasteiger partial charge in [0.05, 0.1) is 6.07 Å². The SMILES string of the molecule is N#CC1(C(O)c2c(F)cccc2Cl)CCc2ccccc21. The molecule has 3 rings (SSSR count). The maximum atomic E-state index is 14.1. The van der Waals surface area contributed by atoms with Crippen molar-refractivity contribution in [1.29, 1.82) is 5.26 Å². The van der Waals surface area contributed by atoms with Crippen LogP contribution in [-0.4, -0.2) is 5.11 Å². The first-order chi connectivity index (χ1) is 10.1. The molecular formula is C17H13ClFNO. The van der Waals surface area contributed by atoms with Crippen LogP contribution in [0.25, 0.3) is 0 Å². The topological polar surface area (TPSA) is 44.0 Å². The number of hydrogen-bond donors (Lipinski definition) is 1. The minimum atomic E-state index is -1.29. The van der Waals surface area contributed by atoms with Crippen LogP contribution < -0.4 is 0 Å². The quantitative estimate of drug-likeness (QED) is 0.913. The maximum Gasteiger partial charge on any atom is 0.130 e. The van der Waals surface area contributed by atoms with E-state index >= 15 is 0 Å². The number of aliphatic hydroxyl groups is 1. The van der Waals surface area contributed by atoms with E-state index in [0.717, 1.165) is 11.1 Å². The van der Waals surface area contributed by atoms with Crippen molar-refractivity contribution >= 4 is 11.6 Å². The Morgan fingerprint density at radius 3 is 2.71 bits per heavy atom. The monoisotopic (exact) mass is 301 g/mol. The summed E-state index contributed by atoms with van der Waals surface area (Å²) in [6, 6.07) is 13.9. The molecule has 106 valence electrons. The fourth-order valence-corrected chi connectivity index (χ4v) is 3.39. The first-order valence-electron chi connectivity index (χ1n) is 6.72. The second-order valence-electron chi connectivity index (χ2n) is 5.28. The van der Waals surface area contributed by atoms with Crippen molar-refractivity contribution in [3.63, 3.8) is 0 Å². The first-order valence-corrected chi connectivity index (χ1v) is 7.09. The molecule has 0 amide bonds. The van der Waals surface area contributed by atoms with Gasteiger partial charge in [-0.25, -0.2) is 4.39 Å². The van der Waals surface area contributed by atoms with Crippen LogP contribution in [0.2, 0.25) is 5.02 Å². The Kier molecular flexibility index (Phi) is 3.44. The van der Waals surface area contributed by atoms with Gasteiger partial charge in [-0.3, -0.25) is 0 Å². The van der Waals surface area contributed by atoms with Crippen LogP contribution in [0.5, 0.6) is 0 Å². The fraction of sp³-hybridized carbons (Fsp3) is 0.235. The van der Waals surface area contributed by atoms with Gasteiger partial charge < -0.3 is 5.11 Å².